The summed E-state index contributed by atoms with van der Waals surface area (Å²) in [6, 6.07) is 2.91. The van der Waals surface area contributed by atoms with Crippen LogP contribution in [0, 0.1) is 18.7 Å². The van der Waals surface area contributed by atoms with E-state index in [-0.39, 0.29) is 35.3 Å². The minimum atomic E-state index is -0.524. The zero-order valence-corrected chi connectivity index (χ0v) is 19.4. The van der Waals surface area contributed by atoms with Crippen LogP contribution in [-0.2, 0) is 23.7 Å². The number of allylic oxidation sites excluding steroid dienone is 1. The molecule has 1 saturated carbocycles. The maximum Gasteiger partial charge on any atom is 0.331 e. The zero-order chi connectivity index (χ0) is 24.0. The fraction of sp³-hybridized carbons (Fsp3) is 0.577. The Morgan fingerprint density at radius 3 is 2.81 bits per heavy atom. The fourth-order valence-electron chi connectivity index (χ4n) is 5.08. The molecular formula is C26H33FO5. The summed E-state index contributed by atoms with van der Waals surface area (Å²) in [6.45, 7) is 8.46. The molecule has 1 spiro atoms. The van der Waals surface area contributed by atoms with Gasteiger partial charge in [-0.2, -0.15) is 0 Å². The van der Waals surface area contributed by atoms with E-state index in [4.69, 9.17) is 20.3 Å². The third-order valence-corrected chi connectivity index (χ3v) is 7.02. The van der Waals surface area contributed by atoms with Gasteiger partial charge in [-0.05, 0) is 70.2 Å². The quantitative estimate of drug-likeness (QED) is 0.262. The second-order valence-corrected chi connectivity index (χ2v) is 9.59. The van der Waals surface area contributed by atoms with E-state index in [0.29, 0.717) is 18.6 Å². The molecule has 1 aliphatic carbocycles. The summed E-state index contributed by atoms with van der Waals surface area (Å²) in [5.74, 6) is -1.04. The van der Waals surface area contributed by atoms with Gasteiger partial charge in [0.15, 0.2) is 0 Å². The predicted octanol–water partition coefficient (Wildman–Crippen LogP) is 4.77. The Morgan fingerprint density at radius 1 is 1.44 bits per heavy atom. The van der Waals surface area contributed by atoms with E-state index in [1.54, 1.807) is 14.0 Å². The van der Waals surface area contributed by atoms with Gasteiger partial charge in [0.05, 0.1) is 20.0 Å². The van der Waals surface area contributed by atoms with Gasteiger partial charge in [-0.3, -0.25) is 0 Å². The lowest BCUT2D eigenvalue weighted by molar-refractivity contribution is -0.166. The second-order valence-electron chi connectivity index (χ2n) is 9.59. The Hall–Kier alpha value is -2.02. The molecule has 0 radical (unpaired) electrons. The van der Waals surface area contributed by atoms with Crippen molar-refractivity contribution < 1.29 is 29.5 Å². The maximum atomic E-state index is 13.9. The van der Waals surface area contributed by atoms with Gasteiger partial charge in [0.2, 0.25) is 0 Å². The second kappa shape index (κ2) is 8.73. The Kier molecular flexibility index (Phi) is 5.95. The topological polar surface area (TPSA) is 60.6 Å². The van der Waals surface area contributed by atoms with Crippen LogP contribution < -0.4 is 0 Å². The number of epoxide rings is 2. The van der Waals surface area contributed by atoms with Crippen LogP contribution in [0.5, 0.6) is 0 Å². The van der Waals surface area contributed by atoms with Gasteiger partial charge in [-0.1, -0.05) is 23.8 Å². The van der Waals surface area contributed by atoms with Crippen molar-refractivity contribution in [1.82, 2.24) is 0 Å². The lowest BCUT2D eigenvalue weighted by atomic mass is 9.68. The highest BCUT2D eigenvalue weighted by molar-refractivity contribution is 5.87. The number of rotatable bonds is 7. The number of hydrogen-bond donors (Lipinski definition) is 0. The first-order valence-electron chi connectivity index (χ1n) is 11.7. The maximum absolute atomic E-state index is 13.9. The van der Waals surface area contributed by atoms with E-state index >= 15 is 0 Å². The Bertz CT molecular complexity index is 958. The molecule has 5 nitrogen and oxygen atoms in total. The molecule has 174 valence electrons. The average molecular weight is 446 g/mol. The van der Waals surface area contributed by atoms with Crippen LogP contribution >= 0.6 is 0 Å². The number of carbonyl (C=O) groups is 1. The fourth-order valence-corrected chi connectivity index (χ4v) is 5.08. The highest BCUT2D eigenvalue weighted by Crippen LogP contribution is 2.59. The third kappa shape index (κ3) is 4.54. The van der Waals surface area contributed by atoms with Crippen LogP contribution in [0.15, 0.2) is 35.9 Å². The molecule has 1 aromatic rings. The van der Waals surface area contributed by atoms with Crippen molar-refractivity contribution in [1.29, 1.82) is 0 Å². The molecule has 32 heavy (non-hydrogen) atoms. The summed E-state index contributed by atoms with van der Waals surface area (Å²) in [5, 5.41) is 0. The van der Waals surface area contributed by atoms with Crippen molar-refractivity contribution in [3.8, 4) is 0 Å². The van der Waals surface area contributed by atoms with Crippen molar-refractivity contribution in [3.05, 3.63) is 52.8 Å². The summed E-state index contributed by atoms with van der Waals surface area (Å²) in [6.07, 6.45) is 6.47. The van der Waals surface area contributed by atoms with Gasteiger partial charge in [0, 0.05) is 13.2 Å². The number of esters is 1. The SMILES string of the molecule is [2H]c1cc(/C=C/C(=O)O[C@@H]2CC[C@]3(CO3)[C@@H]([C@@]3(C)O[C@@H]3CC=C(C)C)[C@@H]2OC)cc(F)c1C. The number of carbonyl (C=O) groups excluding carboxylic acids is 1. The third-order valence-electron chi connectivity index (χ3n) is 7.02. The summed E-state index contributed by atoms with van der Waals surface area (Å²) < 4.78 is 45.5. The molecule has 2 aliphatic heterocycles. The molecule has 0 N–H and O–H groups in total. The molecule has 0 amide bonds. The first kappa shape index (κ1) is 21.8. The van der Waals surface area contributed by atoms with Crippen LogP contribution in [0.4, 0.5) is 4.39 Å². The van der Waals surface area contributed by atoms with E-state index in [2.05, 4.69) is 26.8 Å². The van der Waals surface area contributed by atoms with Gasteiger partial charge in [-0.15, -0.1) is 0 Å². The molecule has 6 atom stereocenters. The molecule has 4 rings (SSSR count). The van der Waals surface area contributed by atoms with Crippen molar-refractivity contribution in [2.24, 2.45) is 5.92 Å². The van der Waals surface area contributed by atoms with E-state index in [9.17, 15) is 9.18 Å². The van der Waals surface area contributed by atoms with Gasteiger partial charge in [0.1, 0.15) is 29.2 Å². The van der Waals surface area contributed by atoms with Gasteiger partial charge in [0.25, 0.3) is 0 Å². The van der Waals surface area contributed by atoms with E-state index in [0.717, 1.165) is 12.8 Å². The smallest absolute Gasteiger partial charge is 0.331 e. The molecule has 2 heterocycles. The van der Waals surface area contributed by atoms with Gasteiger partial charge in [-0.25, -0.2) is 9.18 Å². The Morgan fingerprint density at radius 2 is 2.19 bits per heavy atom. The lowest BCUT2D eigenvalue weighted by Crippen LogP contribution is -2.55. The Balaban J connectivity index is 1.46. The van der Waals surface area contributed by atoms with Crippen molar-refractivity contribution in [2.45, 2.75) is 76.5 Å². The van der Waals surface area contributed by atoms with Crippen LogP contribution in [-0.4, -0.2) is 49.2 Å². The van der Waals surface area contributed by atoms with Crippen molar-refractivity contribution >= 4 is 12.0 Å². The first-order valence-corrected chi connectivity index (χ1v) is 11.2. The van der Waals surface area contributed by atoms with E-state index in [1.165, 1.54) is 29.9 Å². The van der Waals surface area contributed by atoms with Gasteiger partial charge < -0.3 is 18.9 Å². The summed E-state index contributed by atoms with van der Waals surface area (Å²) >= 11 is 0. The van der Waals surface area contributed by atoms with Gasteiger partial charge >= 0.3 is 5.97 Å². The molecule has 0 aromatic heterocycles. The predicted molar refractivity (Wildman–Crippen MR) is 120 cm³/mol. The molecule has 1 aromatic carbocycles. The molecule has 3 aliphatic rings. The largest absolute Gasteiger partial charge is 0.456 e. The number of hydrogen-bond acceptors (Lipinski definition) is 5. The molecule has 0 unspecified atom stereocenters. The summed E-state index contributed by atoms with van der Waals surface area (Å²) in [5.41, 5.74) is 1.30. The summed E-state index contributed by atoms with van der Waals surface area (Å²) in [7, 11) is 1.64. The van der Waals surface area contributed by atoms with E-state index in [1.807, 2.05) is 0 Å². The Labute approximate surface area is 191 Å². The summed E-state index contributed by atoms with van der Waals surface area (Å²) in [4.78, 5) is 12.6. The van der Waals surface area contributed by atoms with E-state index < -0.39 is 23.5 Å². The number of methoxy groups -OCH3 is 1. The lowest BCUT2D eigenvalue weighted by Gasteiger charge is -2.42. The normalized spacial score (nSPS) is 36.1. The molecular weight excluding hydrogens is 411 g/mol. The average Bonchev–Trinajstić information content (AvgIpc) is 3.67. The minimum Gasteiger partial charge on any atom is -0.456 e. The molecule has 2 saturated heterocycles. The van der Waals surface area contributed by atoms with Crippen LogP contribution in [0.3, 0.4) is 0 Å². The molecule has 0 bridgehead atoms. The minimum absolute atomic E-state index is 0.0434. The van der Waals surface area contributed by atoms with Crippen LogP contribution in [0.1, 0.15) is 52.5 Å². The van der Waals surface area contributed by atoms with Crippen LogP contribution in [0.2, 0.25) is 0 Å². The monoisotopic (exact) mass is 445 g/mol. The number of benzene rings is 1. The number of ether oxygens (including phenoxy) is 4. The standard InChI is InChI=1S/C26H33FO5/c1-16(2)6-10-21-25(4,32-21)24-23(29-5)20(12-13-26(24)15-30-26)31-22(28)11-9-18-8-7-17(3)19(27)14-18/h6-9,11,14,20-21,23-24H,10,12-13,15H2,1-5H3/b11-9+/t20-,21-,23-,24-,25+,26+/m1/s1/i7D. The van der Waals surface area contributed by atoms with Crippen molar-refractivity contribution in [2.75, 3.05) is 13.7 Å². The number of halogens is 1. The molecule has 3 fully saturated rings. The zero-order valence-electron chi connectivity index (χ0n) is 20.4. The highest BCUT2D eigenvalue weighted by Gasteiger charge is 2.72. The first-order chi connectivity index (χ1) is 15.6. The van der Waals surface area contributed by atoms with Crippen LogP contribution in [0.25, 0.3) is 6.08 Å². The highest BCUT2D eigenvalue weighted by atomic mass is 19.1. The van der Waals surface area contributed by atoms with Crippen molar-refractivity contribution in [3.63, 3.8) is 0 Å². The molecule has 6 heteroatoms.